The molecule has 2 aromatic heterocycles. The van der Waals surface area contributed by atoms with Crippen molar-refractivity contribution in [3.8, 4) is 0 Å². The molecule has 4 aromatic rings. The van der Waals surface area contributed by atoms with Gasteiger partial charge in [-0.05, 0) is 92.2 Å². The van der Waals surface area contributed by atoms with E-state index in [-0.39, 0.29) is 18.4 Å². The lowest BCUT2D eigenvalue weighted by Crippen LogP contribution is -2.37. The molecule has 5 heteroatoms. The van der Waals surface area contributed by atoms with Crippen LogP contribution in [0.5, 0.6) is 0 Å². The molecule has 2 aliphatic rings. The van der Waals surface area contributed by atoms with Crippen molar-refractivity contribution < 1.29 is 9.90 Å². The Kier molecular flexibility index (Phi) is 7.75. The standard InChI is InChI=1S/C35H41N3O2/c1-23-20-24(2)36-34-32(23)29-14-8-9-15-31(29)38(34)21-25-16-18-28(19-17-25)33(27-12-6-7-13-27)35(40)37-30(22-39)26-10-4-3-5-11-26/h3-5,10-11,16-20,27,30,33,39H,6-9,12-15,21-22H2,1-2H3,(H,37,40)/t30-,33?/m0/s1. The number of fused-ring (bicyclic) bond motifs is 3. The Morgan fingerprint density at radius 1 is 0.975 bits per heavy atom. The second-order valence-corrected chi connectivity index (χ2v) is 11.9. The summed E-state index contributed by atoms with van der Waals surface area (Å²) >= 11 is 0. The summed E-state index contributed by atoms with van der Waals surface area (Å²) in [6, 6.07) is 20.3. The first-order valence-corrected chi connectivity index (χ1v) is 15.1. The Morgan fingerprint density at radius 3 is 2.42 bits per heavy atom. The second kappa shape index (κ2) is 11.6. The Labute approximate surface area is 237 Å². The third-order valence-corrected chi connectivity index (χ3v) is 9.18. The number of rotatable bonds is 8. The van der Waals surface area contributed by atoms with Crippen molar-refractivity contribution in [3.63, 3.8) is 0 Å². The van der Waals surface area contributed by atoms with E-state index in [1.807, 2.05) is 30.3 Å². The lowest BCUT2D eigenvalue weighted by Gasteiger charge is -2.26. The van der Waals surface area contributed by atoms with Gasteiger partial charge in [0.05, 0.1) is 18.6 Å². The van der Waals surface area contributed by atoms with E-state index >= 15 is 0 Å². The van der Waals surface area contributed by atoms with Gasteiger partial charge in [-0.1, -0.05) is 67.4 Å². The summed E-state index contributed by atoms with van der Waals surface area (Å²) in [6.45, 7) is 4.99. The molecule has 208 valence electrons. The van der Waals surface area contributed by atoms with Crippen LogP contribution in [0.3, 0.4) is 0 Å². The van der Waals surface area contributed by atoms with Gasteiger partial charge < -0.3 is 15.0 Å². The summed E-state index contributed by atoms with van der Waals surface area (Å²) in [4.78, 5) is 18.8. The summed E-state index contributed by atoms with van der Waals surface area (Å²) in [6.07, 6.45) is 9.22. The highest BCUT2D eigenvalue weighted by Crippen LogP contribution is 2.39. The number of aromatic nitrogens is 2. The lowest BCUT2D eigenvalue weighted by atomic mass is 9.83. The van der Waals surface area contributed by atoms with Gasteiger partial charge in [-0.25, -0.2) is 4.98 Å². The van der Waals surface area contributed by atoms with E-state index < -0.39 is 6.04 Å². The van der Waals surface area contributed by atoms with Gasteiger partial charge in [0.25, 0.3) is 0 Å². The van der Waals surface area contributed by atoms with Gasteiger partial charge in [0.15, 0.2) is 0 Å². The third kappa shape index (κ3) is 5.19. The summed E-state index contributed by atoms with van der Waals surface area (Å²) < 4.78 is 2.45. The topological polar surface area (TPSA) is 67.2 Å². The maximum Gasteiger partial charge on any atom is 0.228 e. The molecule has 0 bridgehead atoms. The molecular weight excluding hydrogens is 494 g/mol. The highest BCUT2D eigenvalue weighted by molar-refractivity contribution is 5.86. The van der Waals surface area contributed by atoms with Crippen LogP contribution in [0.25, 0.3) is 11.0 Å². The number of nitrogens with zero attached hydrogens (tertiary/aromatic N) is 2. The Balaban J connectivity index is 1.28. The SMILES string of the molecule is Cc1cc(C)c2c3c(n(Cc4ccc(C(C(=O)N[C@@H](CO)c5ccccc5)C5CCCC5)cc4)c2n1)CCCC3. The zero-order valence-corrected chi connectivity index (χ0v) is 23.8. The van der Waals surface area contributed by atoms with E-state index in [1.165, 1.54) is 53.5 Å². The number of hydrogen-bond donors (Lipinski definition) is 2. The quantitative estimate of drug-likeness (QED) is 0.264. The third-order valence-electron chi connectivity index (χ3n) is 9.18. The van der Waals surface area contributed by atoms with Gasteiger partial charge in [0.1, 0.15) is 5.65 Å². The minimum Gasteiger partial charge on any atom is -0.394 e. The number of nitrogens with one attached hydrogen (secondary N) is 1. The molecule has 5 nitrogen and oxygen atoms in total. The number of amides is 1. The lowest BCUT2D eigenvalue weighted by molar-refractivity contribution is -0.124. The summed E-state index contributed by atoms with van der Waals surface area (Å²) in [5.74, 6) is 0.140. The first-order valence-electron chi connectivity index (χ1n) is 15.1. The first kappa shape index (κ1) is 26.8. The molecule has 2 heterocycles. The van der Waals surface area contributed by atoms with E-state index in [1.54, 1.807) is 0 Å². The molecular formula is C35H41N3O2. The Morgan fingerprint density at radius 2 is 1.70 bits per heavy atom. The van der Waals surface area contributed by atoms with Crippen molar-refractivity contribution in [3.05, 3.63) is 99.9 Å². The molecule has 0 radical (unpaired) electrons. The number of hydrogen-bond acceptors (Lipinski definition) is 3. The summed E-state index contributed by atoms with van der Waals surface area (Å²) in [5.41, 5.74) is 9.70. The number of aliphatic hydroxyl groups is 1. The number of carbonyl (C=O) groups is 1. The Bertz CT molecular complexity index is 1480. The Hall–Kier alpha value is -3.44. The van der Waals surface area contributed by atoms with Crippen LogP contribution < -0.4 is 5.32 Å². The van der Waals surface area contributed by atoms with Crippen molar-refractivity contribution in [1.82, 2.24) is 14.9 Å². The van der Waals surface area contributed by atoms with Gasteiger partial charge >= 0.3 is 0 Å². The molecule has 1 saturated carbocycles. The fourth-order valence-corrected chi connectivity index (χ4v) is 7.26. The number of carbonyl (C=O) groups excluding carboxylic acids is 1. The predicted octanol–water partition coefficient (Wildman–Crippen LogP) is 6.70. The zero-order valence-electron chi connectivity index (χ0n) is 23.8. The molecule has 2 atom stereocenters. The predicted molar refractivity (Wildman–Crippen MR) is 161 cm³/mol. The number of pyridine rings is 1. The highest BCUT2D eigenvalue weighted by atomic mass is 16.3. The molecule has 0 saturated heterocycles. The maximum absolute atomic E-state index is 13.8. The van der Waals surface area contributed by atoms with Gasteiger partial charge in [-0.15, -0.1) is 0 Å². The van der Waals surface area contributed by atoms with Gasteiger partial charge in [0, 0.05) is 23.3 Å². The fraction of sp³-hybridized carbons (Fsp3) is 0.429. The average molecular weight is 536 g/mol. The van der Waals surface area contributed by atoms with Crippen LogP contribution in [0.15, 0.2) is 60.7 Å². The largest absolute Gasteiger partial charge is 0.394 e. The molecule has 0 spiro atoms. The molecule has 2 N–H and O–H groups in total. The van der Waals surface area contributed by atoms with E-state index in [0.29, 0.717) is 5.92 Å². The first-order chi connectivity index (χ1) is 19.5. The van der Waals surface area contributed by atoms with Crippen LogP contribution in [-0.2, 0) is 24.2 Å². The van der Waals surface area contributed by atoms with Crippen molar-refractivity contribution in [1.29, 1.82) is 0 Å². The van der Waals surface area contributed by atoms with E-state index in [0.717, 1.165) is 54.7 Å². The fourth-order valence-electron chi connectivity index (χ4n) is 7.26. The highest BCUT2D eigenvalue weighted by Gasteiger charge is 2.33. The molecule has 2 aromatic carbocycles. The van der Waals surface area contributed by atoms with Crippen molar-refractivity contribution in [2.45, 2.75) is 83.7 Å². The molecule has 6 rings (SSSR count). The average Bonchev–Trinajstić information content (AvgIpc) is 3.60. The molecule has 1 unspecified atom stereocenters. The van der Waals surface area contributed by atoms with Gasteiger partial charge in [-0.3, -0.25) is 4.79 Å². The molecule has 40 heavy (non-hydrogen) atoms. The van der Waals surface area contributed by atoms with Crippen molar-refractivity contribution in [2.24, 2.45) is 5.92 Å². The normalized spacial score (nSPS) is 17.1. The summed E-state index contributed by atoms with van der Waals surface area (Å²) in [5, 5.41) is 14.6. The minimum atomic E-state index is -0.399. The maximum atomic E-state index is 13.8. The van der Waals surface area contributed by atoms with Crippen LogP contribution in [-0.4, -0.2) is 27.2 Å². The molecule has 1 fully saturated rings. The minimum absolute atomic E-state index is 0.0168. The van der Waals surface area contributed by atoms with Crippen LogP contribution in [0, 0.1) is 19.8 Å². The van der Waals surface area contributed by atoms with Gasteiger partial charge in [0.2, 0.25) is 5.91 Å². The van der Waals surface area contributed by atoms with Crippen LogP contribution >= 0.6 is 0 Å². The number of aliphatic hydroxyl groups excluding tert-OH is 1. The van der Waals surface area contributed by atoms with Crippen molar-refractivity contribution >= 4 is 16.9 Å². The van der Waals surface area contributed by atoms with E-state index in [4.69, 9.17) is 4.98 Å². The van der Waals surface area contributed by atoms with Crippen LogP contribution in [0.4, 0.5) is 0 Å². The van der Waals surface area contributed by atoms with Gasteiger partial charge in [-0.2, -0.15) is 0 Å². The zero-order chi connectivity index (χ0) is 27.6. The van der Waals surface area contributed by atoms with Crippen LogP contribution in [0.1, 0.15) is 89.7 Å². The number of benzene rings is 2. The summed E-state index contributed by atoms with van der Waals surface area (Å²) in [7, 11) is 0. The number of aryl methyl sites for hydroxylation is 3. The molecule has 2 aliphatic carbocycles. The van der Waals surface area contributed by atoms with E-state index in [9.17, 15) is 9.90 Å². The van der Waals surface area contributed by atoms with E-state index in [2.05, 4.69) is 54.1 Å². The molecule has 0 aliphatic heterocycles. The van der Waals surface area contributed by atoms with Crippen molar-refractivity contribution in [2.75, 3.05) is 6.61 Å². The van der Waals surface area contributed by atoms with Crippen LogP contribution in [0.2, 0.25) is 0 Å². The smallest absolute Gasteiger partial charge is 0.228 e. The molecule has 1 amide bonds. The monoisotopic (exact) mass is 535 g/mol. The second-order valence-electron chi connectivity index (χ2n) is 11.9.